The molecular weight excluding hydrogens is 667 g/mol. The number of benzene rings is 4. The molecule has 4 aromatic rings. The van der Waals surface area contributed by atoms with E-state index in [2.05, 4.69) is 183 Å². The fourth-order valence-electron chi connectivity index (χ4n) is 10.00. The van der Waals surface area contributed by atoms with Crippen LogP contribution in [0.1, 0.15) is 82.1 Å². The Labute approximate surface area is 328 Å². The third kappa shape index (κ3) is 6.05. The third-order valence-corrected chi connectivity index (χ3v) is 12.8. The van der Waals surface area contributed by atoms with Crippen LogP contribution in [0.2, 0.25) is 0 Å². The van der Waals surface area contributed by atoms with Crippen LogP contribution in [0.3, 0.4) is 0 Å². The first-order valence-electron chi connectivity index (χ1n) is 20.4. The first-order valence-corrected chi connectivity index (χ1v) is 20.4. The smallest absolute Gasteiger partial charge is 0.0652 e. The van der Waals surface area contributed by atoms with Crippen molar-refractivity contribution >= 4 is 22.6 Å². The molecule has 0 fully saturated rings. The summed E-state index contributed by atoms with van der Waals surface area (Å²) < 4.78 is 0. The van der Waals surface area contributed by atoms with Crippen molar-refractivity contribution in [3.63, 3.8) is 0 Å². The van der Waals surface area contributed by atoms with Gasteiger partial charge in [0.05, 0.1) is 12.1 Å². The number of rotatable bonds is 8. The van der Waals surface area contributed by atoms with Crippen LogP contribution >= 0.6 is 0 Å². The monoisotopic (exact) mass is 719 g/mol. The van der Waals surface area contributed by atoms with E-state index in [1.807, 2.05) is 0 Å². The second kappa shape index (κ2) is 13.9. The van der Waals surface area contributed by atoms with Crippen molar-refractivity contribution in [2.75, 3.05) is 9.80 Å². The van der Waals surface area contributed by atoms with Gasteiger partial charge in [0.1, 0.15) is 0 Å². The quantitative estimate of drug-likeness (QED) is 0.197. The number of anilines is 3. The fraction of sp³-hybridized carbons (Fsp3) is 0.269. The van der Waals surface area contributed by atoms with Gasteiger partial charge in [-0.2, -0.15) is 0 Å². The van der Waals surface area contributed by atoms with Gasteiger partial charge < -0.3 is 15.5 Å². The normalized spacial score (nSPS) is 23.2. The van der Waals surface area contributed by atoms with Gasteiger partial charge in [-0.1, -0.05) is 136 Å². The maximum absolute atomic E-state index is 6.09. The van der Waals surface area contributed by atoms with E-state index in [-0.39, 0.29) is 22.9 Å². The molecule has 1 aliphatic heterocycles. The Hall–Kier alpha value is -5.54. The van der Waals surface area contributed by atoms with Gasteiger partial charge in [0.25, 0.3) is 0 Å². The Morgan fingerprint density at radius 2 is 1.64 bits per heavy atom. The first kappa shape index (κ1) is 35.2. The molecule has 3 atom stereocenters. The van der Waals surface area contributed by atoms with Crippen molar-refractivity contribution in [3.05, 3.63) is 191 Å². The van der Waals surface area contributed by atoms with Crippen molar-refractivity contribution < 1.29 is 0 Å². The first-order chi connectivity index (χ1) is 26.8. The lowest BCUT2D eigenvalue weighted by Crippen LogP contribution is -2.42. The number of allylic oxidation sites excluding steroid dienone is 9. The molecule has 9 rings (SSSR count). The van der Waals surface area contributed by atoms with Crippen molar-refractivity contribution in [2.24, 2.45) is 5.73 Å². The van der Waals surface area contributed by atoms with Gasteiger partial charge in [0, 0.05) is 28.2 Å². The van der Waals surface area contributed by atoms with Crippen LogP contribution in [0, 0.1) is 0 Å². The van der Waals surface area contributed by atoms with Crippen LogP contribution in [0.5, 0.6) is 0 Å². The van der Waals surface area contributed by atoms with Crippen LogP contribution in [0.25, 0.3) is 16.7 Å². The molecule has 0 spiro atoms. The topological polar surface area (TPSA) is 32.5 Å². The zero-order valence-electron chi connectivity index (χ0n) is 32.8. The zero-order chi connectivity index (χ0) is 37.7. The highest BCUT2D eigenvalue weighted by Gasteiger charge is 2.47. The maximum Gasteiger partial charge on any atom is 0.0652 e. The fourth-order valence-corrected chi connectivity index (χ4v) is 10.00. The van der Waals surface area contributed by atoms with Gasteiger partial charge >= 0.3 is 0 Å². The summed E-state index contributed by atoms with van der Waals surface area (Å²) in [6.45, 7) is 9.44. The number of hydrogen-bond acceptors (Lipinski definition) is 3. The summed E-state index contributed by atoms with van der Waals surface area (Å²) in [5.41, 5.74) is 23.2. The highest BCUT2D eigenvalue weighted by molar-refractivity contribution is 5.80. The zero-order valence-corrected chi connectivity index (χ0v) is 32.8. The molecule has 276 valence electrons. The van der Waals surface area contributed by atoms with Gasteiger partial charge in [-0.05, 0) is 137 Å². The minimum atomic E-state index is -0.120. The minimum absolute atomic E-state index is 0.0259. The summed E-state index contributed by atoms with van der Waals surface area (Å²) in [5, 5.41) is 0. The Morgan fingerprint density at radius 1 is 0.855 bits per heavy atom. The van der Waals surface area contributed by atoms with E-state index in [9.17, 15) is 0 Å². The number of nitrogens with zero attached hydrogens (tertiary/aromatic N) is 2. The predicted molar refractivity (Wildman–Crippen MR) is 234 cm³/mol. The number of para-hydroxylation sites is 1. The van der Waals surface area contributed by atoms with Crippen LogP contribution < -0.4 is 15.5 Å². The molecule has 0 aromatic heterocycles. The van der Waals surface area contributed by atoms with Gasteiger partial charge in [-0.3, -0.25) is 0 Å². The summed E-state index contributed by atoms with van der Waals surface area (Å²) in [4.78, 5) is 5.15. The van der Waals surface area contributed by atoms with E-state index in [1.54, 1.807) is 6.20 Å². The van der Waals surface area contributed by atoms with Crippen molar-refractivity contribution in [1.29, 1.82) is 0 Å². The van der Waals surface area contributed by atoms with E-state index in [0.717, 1.165) is 38.5 Å². The Kier molecular flexibility index (Phi) is 8.92. The predicted octanol–water partition coefficient (Wildman–Crippen LogP) is 12.6. The van der Waals surface area contributed by atoms with E-state index >= 15 is 0 Å². The third-order valence-electron chi connectivity index (χ3n) is 12.8. The highest BCUT2D eigenvalue weighted by Crippen LogP contribution is 2.52. The SMILES string of the molecule is CCC/C(=C\N)c1ccc(N(c2ccc3c(c2)C(C)(C)Cc2ccccc2-3)C2C=CC(C3=CC4(C)c5ccccc5N(C5=CC=CCC5)C4C=C3)=CC2)cc1. The molecule has 0 radical (unpaired) electrons. The largest absolute Gasteiger partial charge is 0.404 e. The molecule has 0 bridgehead atoms. The molecule has 55 heavy (non-hydrogen) atoms. The van der Waals surface area contributed by atoms with Crippen LogP contribution in [0.4, 0.5) is 17.1 Å². The molecule has 0 saturated carbocycles. The van der Waals surface area contributed by atoms with Crippen LogP contribution in [-0.4, -0.2) is 12.1 Å². The van der Waals surface area contributed by atoms with E-state index in [0.29, 0.717) is 0 Å². The summed E-state index contributed by atoms with van der Waals surface area (Å²) in [7, 11) is 0. The van der Waals surface area contributed by atoms with Crippen LogP contribution in [-0.2, 0) is 17.3 Å². The van der Waals surface area contributed by atoms with Gasteiger partial charge in [0.2, 0.25) is 0 Å². The lowest BCUT2D eigenvalue weighted by atomic mass is 9.70. The molecule has 3 heteroatoms. The molecule has 0 amide bonds. The molecule has 4 aliphatic carbocycles. The van der Waals surface area contributed by atoms with Gasteiger partial charge in [0.15, 0.2) is 0 Å². The standard InChI is InChI=1S/C52H53N3/c1-5-13-40(35-53)37-22-27-43(28-23-37)54(44-29-30-46-45-17-10-9-14-39(45)33-51(2,3)48(46)32-44)42-25-20-36(21-26-42)38-24-31-50-52(4,34-38)47-18-11-12-19-49(47)55(50)41-15-7-6-8-16-41/h6-7,9-12,14-15,17-25,27-32,34-35,42,50H,5,8,13,16,26,33,53H2,1-4H3/b40-35+. The maximum atomic E-state index is 6.09. The van der Waals surface area contributed by atoms with Gasteiger partial charge in [-0.25, -0.2) is 0 Å². The second-order valence-corrected chi connectivity index (χ2v) is 16.8. The summed E-state index contributed by atoms with van der Waals surface area (Å²) in [6, 6.07) is 34.7. The number of hydrogen-bond donors (Lipinski definition) is 1. The van der Waals surface area contributed by atoms with E-state index in [1.165, 1.54) is 72.9 Å². The summed E-state index contributed by atoms with van der Waals surface area (Å²) in [5.74, 6) is 0. The second-order valence-electron chi connectivity index (χ2n) is 16.8. The molecule has 3 nitrogen and oxygen atoms in total. The Morgan fingerprint density at radius 3 is 2.40 bits per heavy atom. The average Bonchev–Trinajstić information content (AvgIpc) is 3.48. The molecule has 1 heterocycles. The average molecular weight is 720 g/mol. The highest BCUT2D eigenvalue weighted by atomic mass is 15.2. The molecular formula is C52H53N3. The number of nitrogens with two attached hydrogens (primary N) is 1. The molecule has 4 aromatic carbocycles. The molecule has 2 N–H and O–H groups in total. The van der Waals surface area contributed by atoms with E-state index in [4.69, 9.17) is 5.73 Å². The van der Waals surface area contributed by atoms with Crippen molar-refractivity contribution in [2.45, 2.75) is 89.1 Å². The Bertz CT molecular complexity index is 2360. The molecule has 0 saturated heterocycles. The van der Waals surface area contributed by atoms with Crippen molar-refractivity contribution in [3.8, 4) is 11.1 Å². The molecule has 5 aliphatic rings. The van der Waals surface area contributed by atoms with Crippen LogP contribution in [0.15, 0.2) is 169 Å². The summed E-state index contributed by atoms with van der Waals surface area (Å²) >= 11 is 0. The molecule has 3 unspecified atom stereocenters. The minimum Gasteiger partial charge on any atom is -0.404 e. The number of fused-ring (bicyclic) bond motifs is 6. The Balaban J connectivity index is 1.06. The lowest BCUT2D eigenvalue weighted by molar-refractivity contribution is 0.517. The summed E-state index contributed by atoms with van der Waals surface area (Å²) in [6.07, 6.45) is 29.4. The lowest BCUT2D eigenvalue weighted by Gasteiger charge is -2.38. The van der Waals surface area contributed by atoms with Crippen molar-refractivity contribution in [1.82, 2.24) is 0 Å². The van der Waals surface area contributed by atoms with Gasteiger partial charge in [-0.15, -0.1) is 0 Å². The van der Waals surface area contributed by atoms with E-state index < -0.39 is 0 Å².